The van der Waals surface area contributed by atoms with Gasteiger partial charge in [0.05, 0.1) is 5.02 Å². The van der Waals surface area contributed by atoms with Crippen molar-refractivity contribution in [3.63, 3.8) is 0 Å². The molecule has 0 amide bonds. The molecule has 2 rings (SSSR count). The second-order valence-corrected chi connectivity index (χ2v) is 5.27. The van der Waals surface area contributed by atoms with E-state index in [1.54, 1.807) is 24.3 Å². The van der Waals surface area contributed by atoms with E-state index in [2.05, 4.69) is 22.6 Å². The van der Waals surface area contributed by atoms with Gasteiger partial charge in [0.1, 0.15) is 0 Å². The third kappa shape index (κ3) is 3.21. The van der Waals surface area contributed by atoms with Crippen LogP contribution in [0.15, 0.2) is 54.6 Å². The molecule has 0 fully saturated rings. The zero-order valence-corrected chi connectivity index (χ0v) is 12.4. The molecule has 2 aromatic carbocycles. The molecule has 18 heavy (non-hydrogen) atoms. The Morgan fingerprint density at radius 3 is 2.44 bits per heavy atom. The summed E-state index contributed by atoms with van der Waals surface area (Å²) in [4.78, 5) is 12.0. The summed E-state index contributed by atoms with van der Waals surface area (Å²) in [5.74, 6) is -0.0831. The molecule has 0 unspecified atom stereocenters. The summed E-state index contributed by atoms with van der Waals surface area (Å²) in [6.07, 6.45) is 3.37. The number of allylic oxidation sites excluding steroid dienone is 1. The number of benzene rings is 2. The average Bonchev–Trinajstić information content (AvgIpc) is 2.38. The van der Waals surface area contributed by atoms with Gasteiger partial charge in [-0.3, -0.25) is 4.79 Å². The normalized spacial score (nSPS) is 10.8. The lowest BCUT2D eigenvalue weighted by atomic mass is 10.1. The Bertz CT molecular complexity index is 605. The second kappa shape index (κ2) is 6.16. The highest BCUT2D eigenvalue weighted by Gasteiger charge is 2.05. The van der Waals surface area contributed by atoms with Crippen molar-refractivity contribution in [1.82, 2.24) is 0 Å². The van der Waals surface area contributed by atoms with Crippen LogP contribution < -0.4 is 0 Å². The number of carbonyl (C=O) groups excluding carboxylic acids is 1. The topological polar surface area (TPSA) is 17.1 Å². The number of hydrogen-bond donors (Lipinski definition) is 0. The Balaban J connectivity index is 2.23. The highest BCUT2D eigenvalue weighted by Crippen LogP contribution is 2.17. The maximum atomic E-state index is 12.0. The Kier molecular flexibility index (Phi) is 4.55. The van der Waals surface area contributed by atoms with Gasteiger partial charge in [-0.15, -0.1) is 0 Å². The minimum Gasteiger partial charge on any atom is -0.289 e. The Hall–Kier alpha value is -1.13. The van der Waals surface area contributed by atoms with Gasteiger partial charge in [0.15, 0.2) is 5.78 Å². The van der Waals surface area contributed by atoms with Gasteiger partial charge < -0.3 is 0 Å². The molecule has 0 atom stereocenters. The van der Waals surface area contributed by atoms with Gasteiger partial charge in [-0.1, -0.05) is 48.0 Å². The number of halogens is 2. The first-order chi connectivity index (χ1) is 8.68. The van der Waals surface area contributed by atoms with Crippen LogP contribution >= 0.6 is 34.2 Å². The van der Waals surface area contributed by atoms with E-state index in [1.807, 2.05) is 36.4 Å². The largest absolute Gasteiger partial charge is 0.289 e. The highest BCUT2D eigenvalue weighted by molar-refractivity contribution is 14.1. The quantitative estimate of drug-likeness (QED) is 0.430. The lowest BCUT2D eigenvalue weighted by molar-refractivity contribution is 0.104. The third-order valence-corrected chi connectivity index (χ3v) is 3.77. The van der Waals surface area contributed by atoms with Crippen LogP contribution in [0, 0.1) is 3.57 Å². The molecule has 0 aliphatic heterocycles. The van der Waals surface area contributed by atoms with Gasteiger partial charge in [0, 0.05) is 9.13 Å². The fraction of sp³-hybridized carbons (Fsp3) is 0. The minimum absolute atomic E-state index is 0.0831. The number of carbonyl (C=O) groups is 1. The second-order valence-electron chi connectivity index (χ2n) is 3.70. The van der Waals surface area contributed by atoms with E-state index in [-0.39, 0.29) is 5.78 Å². The van der Waals surface area contributed by atoms with E-state index >= 15 is 0 Å². The van der Waals surface area contributed by atoms with Crippen molar-refractivity contribution < 1.29 is 4.79 Å². The van der Waals surface area contributed by atoms with Gasteiger partial charge in [-0.25, -0.2) is 0 Å². The number of ketones is 1. The Morgan fingerprint density at radius 1 is 1.06 bits per heavy atom. The number of hydrogen-bond acceptors (Lipinski definition) is 1. The molecule has 0 bridgehead atoms. The first-order valence-corrected chi connectivity index (χ1v) is 6.85. The molecule has 0 heterocycles. The maximum Gasteiger partial charge on any atom is 0.187 e. The van der Waals surface area contributed by atoms with Crippen LogP contribution in [0.1, 0.15) is 15.9 Å². The van der Waals surface area contributed by atoms with Crippen LogP contribution in [0.4, 0.5) is 0 Å². The van der Waals surface area contributed by atoms with E-state index in [9.17, 15) is 4.79 Å². The summed E-state index contributed by atoms with van der Waals surface area (Å²) < 4.78 is 1.11. The summed E-state index contributed by atoms with van der Waals surface area (Å²) in [5, 5.41) is 0.481. The van der Waals surface area contributed by atoms with Crippen LogP contribution in [0.3, 0.4) is 0 Å². The first-order valence-electron chi connectivity index (χ1n) is 5.40. The van der Waals surface area contributed by atoms with Crippen LogP contribution in [0.5, 0.6) is 0 Å². The molecule has 0 aromatic heterocycles. The van der Waals surface area contributed by atoms with Gasteiger partial charge in [-0.05, 0) is 52.4 Å². The summed E-state index contributed by atoms with van der Waals surface area (Å²) in [7, 11) is 0. The van der Waals surface area contributed by atoms with Crippen molar-refractivity contribution >= 4 is 46.1 Å². The van der Waals surface area contributed by atoms with Gasteiger partial charge in [0.2, 0.25) is 0 Å². The van der Waals surface area contributed by atoms with Crippen LogP contribution in [0.25, 0.3) is 6.08 Å². The van der Waals surface area contributed by atoms with Crippen molar-refractivity contribution in [3.8, 4) is 0 Å². The zero-order chi connectivity index (χ0) is 13.0. The van der Waals surface area contributed by atoms with Crippen molar-refractivity contribution in [1.29, 1.82) is 0 Å². The van der Waals surface area contributed by atoms with E-state index in [0.29, 0.717) is 10.6 Å². The average molecular weight is 369 g/mol. The minimum atomic E-state index is -0.0831. The smallest absolute Gasteiger partial charge is 0.187 e. The fourth-order valence-electron chi connectivity index (χ4n) is 1.53. The monoisotopic (exact) mass is 368 g/mol. The highest BCUT2D eigenvalue weighted by atomic mass is 127. The molecule has 90 valence electrons. The molecule has 0 aliphatic rings. The molecule has 0 N–H and O–H groups in total. The van der Waals surface area contributed by atoms with Crippen LogP contribution in [0.2, 0.25) is 5.02 Å². The molecule has 0 aliphatic carbocycles. The molecule has 0 radical (unpaired) electrons. The molecular weight excluding hydrogens is 359 g/mol. The van der Waals surface area contributed by atoms with Crippen molar-refractivity contribution in [2.75, 3.05) is 0 Å². The van der Waals surface area contributed by atoms with Crippen molar-refractivity contribution in [3.05, 3.63) is 74.3 Å². The van der Waals surface area contributed by atoms with Gasteiger partial charge in [-0.2, -0.15) is 0 Å². The lowest BCUT2D eigenvalue weighted by Gasteiger charge is -1.99. The molecule has 3 heteroatoms. The predicted molar refractivity (Wildman–Crippen MR) is 84.0 cm³/mol. The molecule has 0 saturated heterocycles. The Morgan fingerprint density at radius 2 is 1.72 bits per heavy atom. The standard InChI is InChI=1S/C15H10ClIO/c16-13-7-3-2-6-12(13)15(18)10-9-11-5-1-4-8-14(11)17/h1-10H. The lowest BCUT2D eigenvalue weighted by Crippen LogP contribution is -1.94. The molecule has 0 saturated carbocycles. The first kappa shape index (κ1) is 13.3. The Labute approximate surface area is 125 Å². The fourth-order valence-corrected chi connectivity index (χ4v) is 2.32. The summed E-state index contributed by atoms with van der Waals surface area (Å²) >= 11 is 8.22. The molecule has 1 nitrogen and oxygen atoms in total. The van der Waals surface area contributed by atoms with Gasteiger partial charge in [0.25, 0.3) is 0 Å². The molecule has 0 spiro atoms. The maximum absolute atomic E-state index is 12.0. The summed E-state index contributed by atoms with van der Waals surface area (Å²) in [6, 6.07) is 14.9. The summed E-state index contributed by atoms with van der Waals surface area (Å²) in [6.45, 7) is 0. The van der Waals surface area contributed by atoms with Crippen molar-refractivity contribution in [2.24, 2.45) is 0 Å². The third-order valence-electron chi connectivity index (χ3n) is 2.46. The van der Waals surface area contributed by atoms with E-state index in [4.69, 9.17) is 11.6 Å². The number of rotatable bonds is 3. The van der Waals surface area contributed by atoms with Gasteiger partial charge >= 0.3 is 0 Å². The SMILES string of the molecule is O=C(C=Cc1ccccc1I)c1ccccc1Cl. The van der Waals surface area contributed by atoms with Crippen LogP contribution in [-0.2, 0) is 0 Å². The van der Waals surface area contributed by atoms with E-state index < -0.39 is 0 Å². The molecule has 2 aromatic rings. The van der Waals surface area contributed by atoms with E-state index in [1.165, 1.54) is 0 Å². The summed E-state index contributed by atoms with van der Waals surface area (Å²) in [5.41, 5.74) is 1.56. The van der Waals surface area contributed by atoms with Crippen LogP contribution in [-0.4, -0.2) is 5.78 Å². The van der Waals surface area contributed by atoms with Crippen molar-refractivity contribution in [2.45, 2.75) is 0 Å². The predicted octanol–water partition coefficient (Wildman–Crippen LogP) is 4.84. The zero-order valence-electron chi connectivity index (χ0n) is 9.44. The van der Waals surface area contributed by atoms with E-state index in [0.717, 1.165) is 9.13 Å². The molecular formula is C15H10ClIO.